The van der Waals surface area contributed by atoms with Gasteiger partial charge >= 0.3 is 0 Å². The molecule has 3 aromatic rings. The molecule has 0 saturated carbocycles. The lowest BCUT2D eigenvalue weighted by Crippen LogP contribution is -2.22. The topological polar surface area (TPSA) is 77.7 Å². The Hall–Kier alpha value is -1.99. The van der Waals surface area contributed by atoms with Crippen molar-refractivity contribution >= 4 is 21.6 Å². The van der Waals surface area contributed by atoms with Crippen molar-refractivity contribution in [2.45, 2.75) is 38.1 Å². The Morgan fingerprint density at radius 2 is 2.25 bits per heavy atom. The fraction of sp³-hybridized carbons (Fsp3) is 0.471. The maximum absolute atomic E-state index is 12.7. The van der Waals surface area contributed by atoms with Crippen LogP contribution in [0.15, 0.2) is 11.0 Å². The number of rotatable bonds is 1. The van der Waals surface area contributed by atoms with Gasteiger partial charge in [0.2, 0.25) is 0 Å². The van der Waals surface area contributed by atoms with Crippen LogP contribution in [0.4, 0.5) is 0 Å². The molecule has 0 amide bonds. The lowest BCUT2D eigenvalue weighted by atomic mass is 10.1. The van der Waals surface area contributed by atoms with Crippen molar-refractivity contribution in [1.29, 1.82) is 0 Å². The summed E-state index contributed by atoms with van der Waals surface area (Å²) < 4.78 is 0.749. The summed E-state index contributed by atoms with van der Waals surface area (Å²) >= 11 is 1.56. The summed E-state index contributed by atoms with van der Waals surface area (Å²) in [5, 5.41) is 7.34. The van der Waals surface area contributed by atoms with Crippen LogP contribution in [0.5, 0.6) is 0 Å². The first-order chi connectivity index (χ1) is 11.7. The van der Waals surface area contributed by atoms with Crippen LogP contribution < -0.4 is 5.56 Å². The number of hydrogen-bond acceptors (Lipinski definition) is 5. The van der Waals surface area contributed by atoms with E-state index in [1.54, 1.807) is 11.3 Å². The Morgan fingerprint density at radius 3 is 3.08 bits per heavy atom. The van der Waals surface area contributed by atoms with Crippen LogP contribution >= 0.6 is 11.3 Å². The molecule has 0 radical (unpaired) electrons. The van der Waals surface area contributed by atoms with E-state index in [2.05, 4.69) is 27.1 Å². The van der Waals surface area contributed by atoms with Crippen LogP contribution in [0.3, 0.4) is 0 Å². The van der Waals surface area contributed by atoms with E-state index >= 15 is 0 Å². The van der Waals surface area contributed by atoms with Gasteiger partial charge in [0, 0.05) is 16.6 Å². The molecule has 1 aliphatic carbocycles. The molecule has 0 spiro atoms. The lowest BCUT2D eigenvalue weighted by Gasteiger charge is -2.18. The minimum Gasteiger partial charge on any atom is -0.308 e. The van der Waals surface area contributed by atoms with E-state index in [9.17, 15) is 4.79 Å². The molecule has 6 nitrogen and oxygen atoms in total. The molecule has 0 bridgehead atoms. The highest BCUT2D eigenvalue weighted by Gasteiger charge is 2.28. The quantitative estimate of drug-likeness (QED) is 0.713. The Balaban J connectivity index is 1.75. The third-order valence-corrected chi connectivity index (χ3v) is 6.55. The number of likely N-dealkylation sites (tertiary alicyclic amines) is 1. The number of hydrogen-bond donors (Lipinski definition) is 2. The Bertz CT molecular complexity index is 985. The van der Waals surface area contributed by atoms with Crippen LogP contribution in [0, 0.1) is 0 Å². The predicted molar refractivity (Wildman–Crippen MR) is 94.5 cm³/mol. The van der Waals surface area contributed by atoms with Gasteiger partial charge in [-0.05, 0) is 51.3 Å². The standard InChI is InChI=1S/C17H19N5OS/c1-22-7-3-6-12(22)16-19-13-9-4-2-5-11-10(8-18-21-11)14(9)24-15(13)17(23)20-16/h8,12H,2-7H2,1H3,(H,18,21)(H,19,20,23). The average molecular weight is 341 g/mol. The van der Waals surface area contributed by atoms with Crippen LogP contribution in [0.2, 0.25) is 0 Å². The highest BCUT2D eigenvalue weighted by atomic mass is 32.1. The average Bonchev–Trinajstić information content (AvgIpc) is 3.25. The molecule has 124 valence electrons. The molecule has 1 fully saturated rings. The Morgan fingerprint density at radius 1 is 1.33 bits per heavy atom. The van der Waals surface area contributed by atoms with E-state index < -0.39 is 0 Å². The monoisotopic (exact) mass is 341 g/mol. The number of aryl methyl sites for hydroxylation is 2. The molecular formula is C17H19N5OS. The summed E-state index contributed by atoms with van der Waals surface area (Å²) in [5.74, 6) is 0.824. The van der Waals surface area contributed by atoms with Gasteiger partial charge in [-0.1, -0.05) is 0 Å². The van der Waals surface area contributed by atoms with Crippen LogP contribution in [0.1, 0.15) is 42.4 Å². The summed E-state index contributed by atoms with van der Waals surface area (Å²) in [6.45, 7) is 1.06. The number of thiophene rings is 1. The minimum absolute atomic E-state index is 0.00146. The van der Waals surface area contributed by atoms with E-state index in [4.69, 9.17) is 4.98 Å². The van der Waals surface area contributed by atoms with Crippen molar-refractivity contribution < 1.29 is 0 Å². The van der Waals surface area contributed by atoms with Gasteiger partial charge in [-0.2, -0.15) is 5.10 Å². The van der Waals surface area contributed by atoms with E-state index in [-0.39, 0.29) is 11.6 Å². The van der Waals surface area contributed by atoms with E-state index in [0.29, 0.717) is 0 Å². The maximum atomic E-state index is 12.7. The second-order valence-electron chi connectivity index (χ2n) is 6.78. The van der Waals surface area contributed by atoms with Gasteiger partial charge in [0.15, 0.2) is 0 Å². The number of aromatic nitrogens is 4. The molecule has 1 unspecified atom stereocenters. The van der Waals surface area contributed by atoms with Crippen molar-refractivity contribution in [3.05, 3.63) is 33.6 Å². The first-order valence-corrected chi connectivity index (χ1v) is 9.33. The lowest BCUT2D eigenvalue weighted by molar-refractivity contribution is 0.306. The molecule has 24 heavy (non-hydrogen) atoms. The summed E-state index contributed by atoms with van der Waals surface area (Å²) in [6.07, 6.45) is 7.15. The Kier molecular flexibility index (Phi) is 3.14. The highest BCUT2D eigenvalue weighted by molar-refractivity contribution is 7.22. The van der Waals surface area contributed by atoms with Crippen LogP contribution in [0.25, 0.3) is 20.7 Å². The fourth-order valence-electron chi connectivity index (χ4n) is 4.05. The van der Waals surface area contributed by atoms with Crippen molar-refractivity contribution in [1.82, 2.24) is 25.1 Å². The number of nitrogens with one attached hydrogen (secondary N) is 2. The second-order valence-corrected chi connectivity index (χ2v) is 7.80. The normalized spacial score (nSPS) is 21.0. The number of aromatic amines is 2. The summed E-state index contributed by atoms with van der Waals surface area (Å²) in [5.41, 5.74) is 4.38. The smallest absolute Gasteiger partial charge is 0.268 e. The number of nitrogens with zero attached hydrogens (tertiary/aromatic N) is 3. The third-order valence-electron chi connectivity index (χ3n) is 5.30. The molecule has 4 heterocycles. The molecule has 1 saturated heterocycles. The van der Waals surface area contributed by atoms with Crippen molar-refractivity contribution in [3.8, 4) is 10.4 Å². The number of H-pyrrole nitrogens is 2. The first-order valence-electron chi connectivity index (χ1n) is 8.51. The van der Waals surface area contributed by atoms with Crippen LogP contribution in [-0.4, -0.2) is 38.7 Å². The van der Waals surface area contributed by atoms with Gasteiger partial charge in [0.25, 0.3) is 5.56 Å². The highest BCUT2D eigenvalue weighted by Crippen LogP contribution is 2.41. The number of fused-ring (bicyclic) bond motifs is 5. The van der Waals surface area contributed by atoms with Gasteiger partial charge < -0.3 is 4.98 Å². The van der Waals surface area contributed by atoms with E-state index in [1.165, 1.54) is 10.4 Å². The molecule has 5 rings (SSSR count). The molecule has 0 aromatic carbocycles. The van der Waals surface area contributed by atoms with Crippen molar-refractivity contribution in [2.24, 2.45) is 0 Å². The predicted octanol–water partition coefficient (Wildman–Crippen LogP) is 2.63. The van der Waals surface area contributed by atoms with Gasteiger partial charge in [-0.3, -0.25) is 14.8 Å². The summed E-state index contributed by atoms with van der Waals surface area (Å²) in [7, 11) is 2.10. The zero-order valence-corrected chi connectivity index (χ0v) is 14.4. The van der Waals surface area contributed by atoms with E-state index in [1.807, 2.05) is 6.20 Å². The molecule has 1 atom stereocenters. The zero-order chi connectivity index (χ0) is 16.3. The first kappa shape index (κ1) is 14.4. The van der Waals surface area contributed by atoms with Crippen molar-refractivity contribution in [2.75, 3.05) is 13.6 Å². The zero-order valence-electron chi connectivity index (χ0n) is 13.6. The molecule has 7 heteroatoms. The molecule has 3 aromatic heterocycles. The van der Waals surface area contributed by atoms with Gasteiger partial charge in [-0.25, -0.2) is 4.98 Å². The van der Waals surface area contributed by atoms with E-state index in [0.717, 1.165) is 65.9 Å². The van der Waals surface area contributed by atoms with Gasteiger partial charge in [-0.15, -0.1) is 11.3 Å². The molecule has 2 N–H and O–H groups in total. The van der Waals surface area contributed by atoms with Gasteiger partial charge in [0.05, 0.1) is 17.3 Å². The van der Waals surface area contributed by atoms with Crippen LogP contribution in [-0.2, 0) is 12.8 Å². The Labute approximate surface area is 142 Å². The largest absolute Gasteiger partial charge is 0.308 e. The SMILES string of the molecule is CN1CCCC1c1nc2c3c(sc2c(=O)[nH]1)-c1c[nH]nc1CCC3. The molecule has 1 aliphatic heterocycles. The second kappa shape index (κ2) is 5.26. The van der Waals surface area contributed by atoms with Gasteiger partial charge in [0.1, 0.15) is 10.5 Å². The molecule has 2 aliphatic rings. The molecular weight excluding hydrogens is 322 g/mol. The third kappa shape index (κ3) is 2.01. The summed E-state index contributed by atoms with van der Waals surface area (Å²) in [6, 6.07) is 0.230. The fourth-order valence-corrected chi connectivity index (χ4v) is 5.27. The minimum atomic E-state index is -0.00146. The maximum Gasteiger partial charge on any atom is 0.268 e. The van der Waals surface area contributed by atoms with Crippen molar-refractivity contribution in [3.63, 3.8) is 0 Å². The summed E-state index contributed by atoms with van der Waals surface area (Å²) in [4.78, 5) is 24.1.